The van der Waals surface area contributed by atoms with E-state index in [1.807, 2.05) is 87.7 Å². The minimum Gasteiger partial charge on any atom is -0.496 e. The normalized spacial score (nSPS) is 24.6. The number of anilines is 1. The number of carbonyl (C=O) groups excluding carboxylic acids is 3. The molecule has 0 radical (unpaired) electrons. The minimum absolute atomic E-state index is 0.0343. The first-order valence-electron chi connectivity index (χ1n) is 22.8. The van der Waals surface area contributed by atoms with Gasteiger partial charge in [0.1, 0.15) is 24.0 Å². The zero-order valence-corrected chi connectivity index (χ0v) is 39.6. The molecule has 0 spiro atoms. The third-order valence-corrected chi connectivity index (χ3v) is 13.9. The maximum Gasteiger partial charge on any atom is 0.411 e. The number of nitrogens with one attached hydrogen (secondary N) is 3. The molecule has 7 rings (SSSR count). The summed E-state index contributed by atoms with van der Waals surface area (Å²) < 4.78 is 12.0. The van der Waals surface area contributed by atoms with Crippen LogP contribution in [0.3, 0.4) is 0 Å². The molecule has 1 aliphatic heterocycles. The van der Waals surface area contributed by atoms with Crippen LogP contribution >= 0.6 is 0 Å². The van der Waals surface area contributed by atoms with Crippen LogP contribution in [0.5, 0.6) is 5.75 Å². The van der Waals surface area contributed by atoms with Crippen molar-refractivity contribution in [2.75, 3.05) is 53.4 Å². The summed E-state index contributed by atoms with van der Waals surface area (Å²) in [6.45, 7) is 12.6. The van der Waals surface area contributed by atoms with E-state index in [9.17, 15) is 19.5 Å². The van der Waals surface area contributed by atoms with E-state index in [0.29, 0.717) is 41.7 Å². The van der Waals surface area contributed by atoms with Crippen LogP contribution in [0.25, 0.3) is 11.1 Å². The maximum atomic E-state index is 14.8. The van der Waals surface area contributed by atoms with Crippen LogP contribution in [0, 0.1) is 29.1 Å². The molecule has 3 aliphatic carbocycles. The van der Waals surface area contributed by atoms with E-state index in [-0.39, 0.29) is 41.8 Å². The Balaban J connectivity index is 1.30. The Morgan fingerprint density at radius 3 is 2.42 bits per heavy atom. The standard InChI is InChI=1S/C52H70N6O7/c1-11-12-13-17-23-53-51(62)64-34(3)46-45(32-59)65-58(47(46)50(61)55-44-29-39-28-43(33(44)2)52(39,4)5)30-36-21-18-22-42(48(36)63-10)37-25-38(27-41(26-37)57(8)9)49(60)54-40(31-56(6)7)24-35-19-15-14-16-20-35/h11-23,25-27,33-34,39-40,43-47,59H,1,24,28-32H2,2-10H3,(H,53,62)(H,54,60)(H,55,61)/b13-12-,23-17+/t33-,34-,39+,40-,43-,44-,45-,46+,47-/m0/s1. The lowest BCUT2D eigenvalue weighted by Gasteiger charge is -2.62. The molecule has 13 heteroatoms. The predicted molar refractivity (Wildman–Crippen MR) is 256 cm³/mol. The Kier molecular flexibility index (Phi) is 16.3. The summed E-state index contributed by atoms with van der Waals surface area (Å²) >= 11 is 0. The van der Waals surface area contributed by atoms with E-state index in [2.05, 4.69) is 60.3 Å². The number of hydrogen-bond acceptors (Lipinski definition) is 10. The van der Waals surface area contributed by atoms with Gasteiger partial charge in [0, 0.05) is 61.3 Å². The number of methoxy groups -OCH3 is 1. The van der Waals surface area contributed by atoms with Gasteiger partial charge in [0.25, 0.3) is 5.91 Å². The zero-order valence-electron chi connectivity index (χ0n) is 39.6. The highest BCUT2D eigenvalue weighted by atomic mass is 16.7. The summed E-state index contributed by atoms with van der Waals surface area (Å²) in [5.74, 6) is 0.661. The number of allylic oxidation sites excluding steroid dienone is 4. The summed E-state index contributed by atoms with van der Waals surface area (Å²) in [5, 5.41) is 21.7. The van der Waals surface area contributed by atoms with Crippen LogP contribution in [0.1, 0.15) is 62.0 Å². The zero-order chi connectivity index (χ0) is 47.0. The van der Waals surface area contributed by atoms with Gasteiger partial charge in [-0.3, -0.25) is 19.7 Å². The van der Waals surface area contributed by atoms with Crippen LogP contribution in [0.2, 0.25) is 0 Å². The van der Waals surface area contributed by atoms with E-state index in [1.165, 1.54) is 6.20 Å². The van der Waals surface area contributed by atoms with Gasteiger partial charge in [-0.1, -0.05) is 94.1 Å². The number of hydrogen-bond donors (Lipinski definition) is 4. The fourth-order valence-electron chi connectivity index (χ4n) is 10.3. The molecule has 1 saturated heterocycles. The van der Waals surface area contributed by atoms with Crippen molar-refractivity contribution in [2.45, 2.75) is 83.8 Å². The van der Waals surface area contributed by atoms with Crippen LogP contribution in [0.4, 0.5) is 10.5 Å². The van der Waals surface area contributed by atoms with Gasteiger partial charge in [0.2, 0.25) is 5.91 Å². The summed E-state index contributed by atoms with van der Waals surface area (Å²) in [4.78, 5) is 52.5. The Bertz CT molecular complexity index is 2190. The smallest absolute Gasteiger partial charge is 0.411 e. The number of aliphatic hydroxyl groups is 1. The molecule has 3 aromatic carbocycles. The third-order valence-electron chi connectivity index (χ3n) is 13.9. The second-order valence-electron chi connectivity index (χ2n) is 19.0. The van der Waals surface area contributed by atoms with Crippen molar-refractivity contribution in [3.63, 3.8) is 0 Å². The topological polar surface area (TPSA) is 145 Å². The second kappa shape index (κ2) is 21.7. The SMILES string of the molecule is C=C/C=C\C=C\NC(=O)O[C@@H](C)[C@@H]1[C@H](CO)ON(Cc2cccc(-c3cc(C(=O)N[C@@H](Cc4ccccc4)CN(C)C)cc(N(C)C)c3)c2OC)[C@@H]1C(=O)N[C@H]1C[C@H]2C[C@@H]([C@@H]1C)C2(C)C. The van der Waals surface area contributed by atoms with E-state index < -0.39 is 36.9 Å². The molecular weight excluding hydrogens is 821 g/mol. The largest absolute Gasteiger partial charge is 0.496 e. The number of hydroxylamine groups is 2. The van der Waals surface area contributed by atoms with E-state index in [0.717, 1.165) is 35.2 Å². The molecule has 4 fully saturated rings. The van der Waals surface area contributed by atoms with Crippen molar-refractivity contribution in [3.05, 3.63) is 121 Å². The van der Waals surface area contributed by atoms with Crippen molar-refractivity contribution in [1.29, 1.82) is 0 Å². The van der Waals surface area contributed by atoms with Gasteiger partial charge < -0.3 is 35.0 Å². The van der Waals surface area contributed by atoms with E-state index >= 15 is 0 Å². The maximum absolute atomic E-state index is 14.8. The number of fused-ring (bicyclic) bond motifs is 2. The van der Waals surface area contributed by atoms with Gasteiger partial charge in [-0.15, -0.1) is 0 Å². The highest BCUT2D eigenvalue weighted by Crippen LogP contribution is 2.61. The van der Waals surface area contributed by atoms with Crippen LogP contribution in [-0.4, -0.2) is 112 Å². The van der Waals surface area contributed by atoms with Crippen molar-refractivity contribution in [3.8, 4) is 16.9 Å². The van der Waals surface area contributed by atoms with Crippen LogP contribution in [0.15, 0.2) is 104 Å². The molecule has 0 unspecified atom stereocenters. The average molecular weight is 891 g/mol. The highest BCUT2D eigenvalue weighted by Gasteiger charge is 2.57. The van der Waals surface area contributed by atoms with Crippen LogP contribution in [-0.2, 0) is 27.3 Å². The molecule has 9 atom stereocenters. The molecule has 13 nitrogen and oxygen atoms in total. The third kappa shape index (κ3) is 11.5. The summed E-state index contributed by atoms with van der Waals surface area (Å²) in [7, 11) is 9.47. The molecule has 3 aromatic rings. The molecule has 0 aromatic heterocycles. The fourth-order valence-corrected chi connectivity index (χ4v) is 10.3. The number of amides is 3. The highest BCUT2D eigenvalue weighted by molar-refractivity contribution is 5.97. The summed E-state index contributed by atoms with van der Waals surface area (Å²) in [5.41, 5.74) is 4.94. The molecular formula is C52H70N6O7. The van der Waals surface area contributed by atoms with Gasteiger partial charge in [0.15, 0.2) is 0 Å². The molecule has 4 aliphatic rings. The summed E-state index contributed by atoms with van der Waals surface area (Å²) in [6.07, 6.45) is 8.48. The van der Waals surface area contributed by atoms with Gasteiger partial charge in [0.05, 0.1) is 26.2 Å². The number of alkyl carbamates (subject to hydrolysis) is 1. The van der Waals surface area contributed by atoms with Crippen molar-refractivity contribution in [1.82, 2.24) is 25.9 Å². The Morgan fingerprint density at radius 2 is 1.77 bits per heavy atom. The Labute approximate surface area is 385 Å². The fraction of sp³-hybridized carbons (Fsp3) is 0.481. The molecule has 350 valence electrons. The number of carbonyl (C=O) groups is 3. The first-order chi connectivity index (χ1) is 31.1. The monoisotopic (exact) mass is 891 g/mol. The van der Waals surface area contributed by atoms with Gasteiger partial charge in [-0.05, 0) is 98.9 Å². The van der Waals surface area contributed by atoms with Crippen molar-refractivity contribution >= 4 is 23.6 Å². The second-order valence-corrected chi connectivity index (χ2v) is 19.0. The molecule has 65 heavy (non-hydrogen) atoms. The van der Waals surface area contributed by atoms with Crippen molar-refractivity contribution < 1.29 is 33.8 Å². The first-order valence-corrected chi connectivity index (χ1v) is 22.8. The lowest BCUT2D eigenvalue weighted by molar-refractivity contribution is -0.183. The molecule has 1 heterocycles. The van der Waals surface area contributed by atoms with E-state index in [1.54, 1.807) is 43.4 Å². The first kappa shape index (κ1) is 49.0. The minimum atomic E-state index is -0.939. The van der Waals surface area contributed by atoms with Gasteiger partial charge in [-0.25, -0.2) is 4.79 Å². The number of benzene rings is 3. The lowest BCUT2D eigenvalue weighted by atomic mass is 9.45. The van der Waals surface area contributed by atoms with Crippen molar-refractivity contribution in [2.24, 2.45) is 29.1 Å². The quantitative estimate of drug-likeness (QED) is 0.0932. The number of likely N-dealkylation sites (N-methyl/N-ethyl adjacent to an activating group) is 1. The number of ether oxygens (including phenoxy) is 2. The molecule has 4 N–H and O–H groups in total. The average Bonchev–Trinajstić information content (AvgIpc) is 3.65. The molecule has 2 bridgehead atoms. The number of rotatable bonds is 19. The lowest BCUT2D eigenvalue weighted by Crippen LogP contribution is -2.62. The van der Waals surface area contributed by atoms with Crippen LogP contribution < -0.4 is 25.6 Å². The molecule has 3 amide bonds. The predicted octanol–water partition coefficient (Wildman–Crippen LogP) is 6.98. The Hall–Kier alpha value is -5.47. The molecule has 3 saturated carbocycles. The number of aliphatic hydroxyl groups excluding tert-OH is 1. The Morgan fingerprint density at radius 1 is 1.02 bits per heavy atom. The van der Waals surface area contributed by atoms with Gasteiger partial charge >= 0.3 is 6.09 Å². The van der Waals surface area contributed by atoms with E-state index in [4.69, 9.17) is 14.3 Å². The summed E-state index contributed by atoms with van der Waals surface area (Å²) in [6, 6.07) is 20.6. The van der Waals surface area contributed by atoms with Gasteiger partial charge in [-0.2, -0.15) is 5.06 Å². The number of nitrogens with zero attached hydrogens (tertiary/aromatic N) is 3. The number of para-hydroxylation sites is 1.